The number of urea groups is 1. The molecule has 0 saturated carbocycles. The molecule has 2 aromatic rings. The van der Waals surface area contributed by atoms with Gasteiger partial charge in [-0.25, -0.2) is 9.69 Å². The van der Waals surface area contributed by atoms with Gasteiger partial charge in [0.15, 0.2) is 0 Å². The van der Waals surface area contributed by atoms with Crippen molar-refractivity contribution < 1.29 is 14.4 Å². The Morgan fingerprint density at radius 2 is 1.84 bits per heavy atom. The van der Waals surface area contributed by atoms with E-state index in [0.717, 1.165) is 21.9 Å². The van der Waals surface area contributed by atoms with Crippen LogP contribution in [0.1, 0.15) is 17.0 Å². The molecule has 1 fully saturated rings. The second-order valence-electron chi connectivity index (χ2n) is 5.82. The summed E-state index contributed by atoms with van der Waals surface area (Å²) in [7, 11) is 1.90. The van der Waals surface area contributed by atoms with Gasteiger partial charge in [-0.05, 0) is 49.8 Å². The minimum Gasteiger partial charge on any atom is -0.352 e. The lowest BCUT2D eigenvalue weighted by atomic mass is 10.1. The summed E-state index contributed by atoms with van der Waals surface area (Å²) in [6.07, 6.45) is 1.50. The van der Waals surface area contributed by atoms with Crippen molar-refractivity contribution >= 4 is 41.2 Å². The van der Waals surface area contributed by atoms with Crippen LogP contribution in [-0.2, 0) is 16.6 Å². The van der Waals surface area contributed by atoms with Crippen molar-refractivity contribution in [2.75, 3.05) is 4.90 Å². The average molecular weight is 358 g/mol. The second-order valence-corrected chi connectivity index (χ2v) is 6.26. The number of barbiturate groups is 1. The molecule has 1 aromatic heterocycles. The van der Waals surface area contributed by atoms with E-state index in [0.29, 0.717) is 10.7 Å². The third-order valence-electron chi connectivity index (χ3n) is 4.28. The molecule has 1 aliphatic heterocycles. The zero-order valence-electron chi connectivity index (χ0n) is 14.0. The first-order chi connectivity index (χ1) is 11.8. The number of hydrogen-bond donors (Lipinski definition) is 1. The number of amides is 4. The molecule has 7 heteroatoms. The maximum Gasteiger partial charge on any atom is 0.335 e. The Morgan fingerprint density at radius 1 is 1.12 bits per heavy atom. The molecule has 0 bridgehead atoms. The fourth-order valence-electron chi connectivity index (χ4n) is 2.69. The largest absolute Gasteiger partial charge is 0.352 e. The van der Waals surface area contributed by atoms with E-state index < -0.39 is 17.8 Å². The van der Waals surface area contributed by atoms with Crippen molar-refractivity contribution in [3.05, 3.63) is 57.9 Å². The first-order valence-electron chi connectivity index (χ1n) is 7.59. The van der Waals surface area contributed by atoms with Crippen LogP contribution >= 0.6 is 11.6 Å². The number of halogens is 1. The fraction of sp³-hybridized carbons (Fsp3) is 0.167. The molecule has 1 N–H and O–H groups in total. The molecule has 1 aromatic carbocycles. The number of anilines is 1. The number of nitrogens with one attached hydrogen (secondary N) is 1. The molecule has 0 radical (unpaired) electrons. The molecular weight excluding hydrogens is 342 g/mol. The highest BCUT2D eigenvalue weighted by atomic mass is 35.5. The molecule has 0 atom stereocenters. The lowest BCUT2D eigenvalue weighted by Crippen LogP contribution is -2.54. The first kappa shape index (κ1) is 17.0. The highest BCUT2D eigenvalue weighted by Gasteiger charge is 2.37. The predicted octanol–water partition coefficient (Wildman–Crippen LogP) is 2.96. The highest BCUT2D eigenvalue weighted by molar-refractivity contribution is 6.39. The number of aryl methyl sites for hydroxylation is 1. The predicted molar refractivity (Wildman–Crippen MR) is 95.3 cm³/mol. The Hall–Kier alpha value is -2.86. The van der Waals surface area contributed by atoms with Crippen molar-refractivity contribution in [3.63, 3.8) is 0 Å². The summed E-state index contributed by atoms with van der Waals surface area (Å²) in [4.78, 5) is 38.0. The Morgan fingerprint density at radius 3 is 2.44 bits per heavy atom. The zero-order valence-corrected chi connectivity index (χ0v) is 14.7. The van der Waals surface area contributed by atoms with Crippen LogP contribution in [0.3, 0.4) is 0 Å². The molecule has 0 spiro atoms. The topological polar surface area (TPSA) is 71.4 Å². The van der Waals surface area contributed by atoms with E-state index in [4.69, 9.17) is 11.6 Å². The number of benzene rings is 1. The number of hydrogen-bond acceptors (Lipinski definition) is 3. The quantitative estimate of drug-likeness (QED) is 0.663. The van der Waals surface area contributed by atoms with E-state index >= 15 is 0 Å². The second kappa shape index (κ2) is 6.22. The Balaban J connectivity index is 2.06. The van der Waals surface area contributed by atoms with Gasteiger partial charge in [0.2, 0.25) is 0 Å². The van der Waals surface area contributed by atoms with Crippen LogP contribution in [0, 0.1) is 13.8 Å². The molecule has 1 aliphatic rings. The van der Waals surface area contributed by atoms with Crippen LogP contribution in [-0.4, -0.2) is 22.4 Å². The minimum absolute atomic E-state index is 0.103. The van der Waals surface area contributed by atoms with Gasteiger partial charge in [0, 0.05) is 23.5 Å². The lowest BCUT2D eigenvalue weighted by molar-refractivity contribution is -0.122. The molecule has 25 heavy (non-hydrogen) atoms. The summed E-state index contributed by atoms with van der Waals surface area (Å²) in [5, 5.41) is 2.58. The average Bonchev–Trinajstić information content (AvgIpc) is 2.78. The van der Waals surface area contributed by atoms with Crippen molar-refractivity contribution in [3.8, 4) is 0 Å². The lowest BCUT2D eigenvalue weighted by Gasteiger charge is -2.26. The Kier molecular flexibility index (Phi) is 4.22. The smallest absolute Gasteiger partial charge is 0.335 e. The summed E-state index contributed by atoms with van der Waals surface area (Å²) in [6, 6.07) is 7.41. The van der Waals surface area contributed by atoms with Crippen LogP contribution in [0.2, 0.25) is 5.02 Å². The third kappa shape index (κ3) is 2.96. The molecule has 3 rings (SSSR count). The van der Waals surface area contributed by atoms with Gasteiger partial charge in [0.05, 0.1) is 5.69 Å². The van der Waals surface area contributed by atoms with Crippen LogP contribution in [0.15, 0.2) is 35.9 Å². The van der Waals surface area contributed by atoms with Gasteiger partial charge in [0.25, 0.3) is 11.8 Å². The number of imide groups is 2. The zero-order chi connectivity index (χ0) is 18.3. The van der Waals surface area contributed by atoms with Crippen LogP contribution in [0.5, 0.6) is 0 Å². The molecule has 1 saturated heterocycles. The Labute approximate surface area is 149 Å². The molecule has 0 unspecified atom stereocenters. The monoisotopic (exact) mass is 357 g/mol. The van der Waals surface area contributed by atoms with E-state index in [9.17, 15) is 14.4 Å². The van der Waals surface area contributed by atoms with Gasteiger partial charge in [-0.2, -0.15) is 0 Å². The summed E-state index contributed by atoms with van der Waals surface area (Å²) < 4.78 is 1.96. The molecule has 2 heterocycles. The van der Waals surface area contributed by atoms with Crippen LogP contribution < -0.4 is 10.2 Å². The van der Waals surface area contributed by atoms with Crippen LogP contribution in [0.4, 0.5) is 10.5 Å². The van der Waals surface area contributed by atoms with Gasteiger partial charge in [-0.15, -0.1) is 0 Å². The number of carbonyl (C=O) groups excluding carboxylic acids is 3. The van der Waals surface area contributed by atoms with Crippen LogP contribution in [0.25, 0.3) is 6.08 Å². The molecule has 0 aliphatic carbocycles. The Bertz CT molecular complexity index is 943. The van der Waals surface area contributed by atoms with Crippen molar-refractivity contribution in [2.45, 2.75) is 13.8 Å². The van der Waals surface area contributed by atoms with Gasteiger partial charge >= 0.3 is 6.03 Å². The minimum atomic E-state index is -0.796. The fourth-order valence-corrected chi connectivity index (χ4v) is 2.88. The van der Waals surface area contributed by atoms with E-state index in [1.807, 2.05) is 31.5 Å². The molecular formula is C18H16ClN3O3. The van der Waals surface area contributed by atoms with Gasteiger partial charge in [-0.3, -0.25) is 14.9 Å². The van der Waals surface area contributed by atoms with E-state index in [1.165, 1.54) is 12.1 Å². The van der Waals surface area contributed by atoms with Crippen molar-refractivity contribution in [2.24, 2.45) is 7.05 Å². The highest BCUT2D eigenvalue weighted by Crippen LogP contribution is 2.25. The molecule has 4 amide bonds. The normalized spacial score (nSPS) is 16.6. The summed E-state index contributed by atoms with van der Waals surface area (Å²) in [6.45, 7) is 3.82. The van der Waals surface area contributed by atoms with Gasteiger partial charge < -0.3 is 4.57 Å². The number of carbonyl (C=O) groups is 3. The summed E-state index contributed by atoms with van der Waals surface area (Å²) >= 11 is 5.94. The standard InChI is InChI=1S/C18H16ClN3O3/c1-10-7-12(11(2)21(10)3)8-15-16(23)20-18(25)22(17(15)24)14-6-4-5-13(19)9-14/h4-9H,1-3H3,(H,20,23,25)/b15-8+. The first-order valence-corrected chi connectivity index (χ1v) is 7.97. The maximum absolute atomic E-state index is 12.8. The number of nitrogens with zero attached hydrogens (tertiary/aromatic N) is 2. The third-order valence-corrected chi connectivity index (χ3v) is 4.52. The van der Waals surface area contributed by atoms with Gasteiger partial charge in [-0.1, -0.05) is 17.7 Å². The van der Waals surface area contributed by atoms with Crippen molar-refractivity contribution in [1.29, 1.82) is 0 Å². The number of aromatic nitrogens is 1. The molecule has 6 nitrogen and oxygen atoms in total. The van der Waals surface area contributed by atoms with E-state index in [2.05, 4.69) is 5.32 Å². The maximum atomic E-state index is 12.8. The summed E-state index contributed by atoms with van der Waals surface area (Å²) in [5.74, 6) is -1.40. The molecule has 128 valence electrons. The van der Waals surface area contributed by atoms with E-state index in [1.54, 1.807) is 18.2 Å². The SMILES string of the molecule is Cc1cc(/C=C2\C(=O)NC(=O)N(c3cccc(Cl)c3)C2=O)c(C)n1C. The summed E-state index contributed by atoms with van der Waals surface area (Å²) in [5.41, 5.74) is 2.86. The number of rotatable bonds is 2. The van der Waals surface area contributed by atoms with Crippen molar-refractivity contribution in [1.82, 2.24) is 9.88 Å². The van der Waals surface area contributed by atoms with Gasteiger partial charge in [0.1, 0.15) is 5.57 Å². The van der Waals surface area contributed by atoms with E-state index in [-0.39, 0.29) is 5.57 Å².